The summed E-state index contributed by atoms with van der Waals surface area (Å²) in [5.74, 6) is 1.22. The summed E-state index contributed by atoms with van der Waals surface area (Å²) in [6, 6.07) is 6.08. The molecular weight excluding hydrogens is 226 g/mol. The van der Waals surface area contributed by atoms with Crippen molar-refractivity contribution in [1.29, 1.82) is 0 Å². The Morgan fingerprint density at radius 1 is 1.28 bits per heavy atom. The van der Waals surface area contributed by atoms with E-state index in [9.17, 15) is 0 Å². The first-order chi connectivity index (χ1) is 8.60. The Kier molecular flexibility index (Phi) is 2.48. The zero-order chi connectivity index (χ0) is 12.8. The van der Waals surface area contributed by atoms with Crippen molar-refractivity contribution in [2.75, 3.05) is 0 Å². The summed E-state index contributed by atoms with van der Waals surface area (Å²) in [5.41, 5.74) is 9.23. The van der Waals surface area contributed by atoms with Crippen molar-refractivity contribution in [1.82, 2.24) is 10.1 Å². The van der Waals surface area contributed by atoms with E-state index in [-0.39, 0.29) is 5.54 Å². The molecule has 3 rings (SSSR count). The third-order valence-electron chi connectivity index (χ3n) is 3.95. The fourth-order valence-electron chi connectivity index (χ4n) is 2.30. The lowest BCUT2D eigenvalue weighted by Crippen LogP contribution is -2.44. The van der Waals surface area contributed by atoms with Gasteiger partial charge in [-0.15, -0.1) is 0 Å². The topological polar surface area (TPSA) is 64.9 Å². The fraction of sp³-hybridized carbons (Fsp3) is 0.429. The molecule has 0 spiro atoms. The number of nitrogens with two attached hydrogens (primary N) is 1. The number of hydrogen-bond acceptors (Lipinski definition) is 4. The monoisotopic (exact) mass is 243 g/mol. The van der Waals surface area contributed by atoms with Gasteiger partial charge in [0.15, 0.2) is 5.82 Å². The zero-order valence-corrected chi connectivity index (χ0v) is 10.7. The van der Waals surface area contributed by atoms with Crippen LogP contribution in [-0.2, 0) is 5.54 Å². The second-order valence-corrected chi connectivity index (χ2v) is 5.18. The number of rotatable bonds is 2. The molecule has 1 aliphatic rings. The standard InChI is InChI=1S/C14H17N3O/c1-9-5-3-6-11(10(9)2)12-16-13(17-18-12)14(15)7-4-8-14/h3,5-6H,4,7-8,15H2,1-2H3. The van der Waals surface area contributed by atoms with Gasteiger partial charge in [-0.1, -0.05) is 17.3 Å². The van der Waals surface area contributed by atoms with Gasteiger partial charge in [0, 0.05) is 5.56 Å². The molecule has 1 fully saturated rings. The van der Waals surface area contributed by atoms with E-state index in [1.165, 1.54) is 11.1 Å². The molecule has 1 aromatic heterocycles. The molecule has 1 aliphatic carbocycles. The summed E-state index contributed by atoms with van der Waals surface area (Å²) in [7, 11) is 0. The van der Waals surface area contributed by atoms with Gasteiger partial charge in [0.2, 0.25) is 0 Å². The van der Waals surface area contributed by atoms with Crippen molar-refractivity contribution >= 4 is 0 Å². The Balaban J connectivity index is 2.00. The van der Waals surface area contributed by atoms with Gasteiger partial charge in [0.25, 0.3) is 5.89 Å². The summed E-state index contributed by atoms with van der Waals surface area (Å²) < 4.78 is 5.37. The van der Waals surface area contributed by atoms with Crippen molar-refractivity contribution in [3.63, 3.8) is 0 Å². The van der Waals surface area contributed by atoms with E-state index >= 15 is 0 Å². The van der Waals surface area contributed by atoms with E-state index in [2.05, 4.69) is 30.1 Å². The number of benzene rings is 1. The molecule has 0 bridgehead atoms. The first kappa shape index (κ1) is 11.4. The molecule has 0 aliphatic heterocycles. The molecule has 2 N–H and O–H groups in total. The van der Waals surface area contributed by atoms with Gasteiger partial charge in [0.1, 0.15) is 0 Å². The third-order valence-corrected chi connectivity index (χ3v) is 3.95. The average Bonchev–Trinajstić information content (AvgIpc) is 2.79. The summed E-state index contributed by atoms with van der Waals surface area (Å²) >= 11 is 0. The molecule has 0 radical (unpaired) electrons. The Labute approximate surface area is 106 Å². The highest BCUT2D eigenvalue weighted by Gasteiger charge is 2.39. The first-order valence-electron chi connectivity index (χ1n) is 6.30. The Bertz CT molecular complexity index is 584. The number of hydrogen-bond donors (Lipinski definition) is 1. The van der Waals surface area contributed by atoms with Crippen LogP contribution in [0, 0.1) is 13.8 Å². The molecule has 1 saturated carbocycles. The molecule has 1 heterocycles. The molecule has 2 aromatic rings. The van der Waals surface area contributed by atoms with Gasteiger partial charge in [-0.3, -0.25) is 0 Å². The van der Waals surface area contributed by atoms with Crippen LogP contribution in [0.3, 0.4) is 0 Å². The molecule has 0 amide bonds. The van der Waals surface area contributed by atoms with Crippen molar-refractivity contribution in [3.05, 3.63) is 35.2 Å². The third kappa shape index (κ3) is 1.64. The molecule has 1 aromatic carbocycles. The SMILES string of the molecule is Cc1cccc(-c2nc(C3(N)CCC3)no2)c1C. The van der Waals surface area contributed by atoms with Crippen molar-refractivity contribution < 1.29 is 4.52 Å². The molecule has 94 valence electrons. The molecule has 0 atom stereocenters. The largest absolute Gasteiger partial charge is 0.334 e. The van der Waals surface area contributed by atoms with Gasteiger partial charge in [-0.2, -0.15) is 4.98 Å². The lowest BCUT2D eigenvalue weighted by atomic mass is 9.77. The second kappa shape index (κ2) is 3.92. The Morgan fingerprint density at radius 3 is 2.72 bits per heavy atom. The summed E-state index contributed by atoms with van der Waals surface area (Å²) in [4.78, 5) is 4.47. The van der Waals surface area contributed by atoms with Crippen LogP contribution in [0.4, 0.5) is 0 Å². The van der Waals surface area contributed by atoms with Crippen molar-refractivity contribution in [2.24, 2.45) is 5.73 Å². The Hall–Kier alpha value is -1.68. The summed E-state index contributed by atoms with van der Waals surface area (Å²) in [6.45, 7) is 4.14. The van der Waals surface area contributed by atoms with E-state index in [1.807, 2.05) is 12.1 Å². The van der Waals surface area contributed by atoms with Crippen molar-refractivity contribution in [2.45, 2.75) is 38.6 Å². The van der Waals surface area contributed by atoms with Gasteiger partial charge < -0.3 is 10.3 Å². The summed E-state index contributed by atoms with van der Waals surface area (Å²) in [5, 5.41) is 4.05. The van der Waals surface area contributed by atoms with Crippen LogP contribution in [-0.4, -0.2) is 10.1 Å². The molecule has 4 nitrogen and oxygen atoms in total. The van der Waals surface area contributed by atoms with Gasteiger partial charge >= 0.3 is 0 Å². The maximum atomic E-state index is 6.20. The van der Waals surface area contributed by atoms with E-state index in [4.69, 9.17) is 10.3 Å². The lowest BCUT2D eigenvalue weighted by Gasteiger charge is -2.34. The molecule has 0 saturated heterocycles. The maximum Gasteiger partial charge on any atom is 0.258 e. The van der Waals surface area contributed by atoms with E-state index in [0.717, 1.165) is 24.8 Å². The van der Waals surface area contributed by atoms with Crippen LogP contribution in [0.2, 0.25) is 0 Å². The highest BCUT2D eigenvalue weighted by atomic mass is 16.5. The normalized spacial score (nSPS) is 17.5. The molecule has 18 heavy (non-hydrogen) atoms. The van der Waals surface area contributed by atoms with Crippen LogP contribution in [0.5, 0.6) is 0 Å². The van der Waals surface area contributed by atoms with Gasteiger partial charge in [0.05, 0.1) is 5.54 Å². The minimum Gasteiger partial charge on any atom is -0.334 e. The number of aromatic nitrogens is 2. The van der Waals surface area contributed by atoms with Gasteiger partial charge in [-0.05, 0) is 50.3 Å². The minimum absolute atomic E-state index is 0.362. The zero-order valence-electron chi connectivity index (χ0n) is 10.7. The highest BCUT2D eigenvalue weighted by molar-refractivity contribution is 5.60. The predicted molar refractivity (Wildman–Crippen MR) is 68.9 cm³/mol. The highest BCUT2D eigenvalue weighted by Crippen LogP contribution is 2.38. The predicted octanol–water partition coefficient (Wildman–Crippen LogP) is 2.69. The van der Waals surface area contributed by atoms with Crippen molar-refractivity contribution in [3.8, 4) is 11.5 Å². The maximum absolute atomic E-state index is 6.20. The van der Waals surface area contributed by atoms with E-state index in [0.29, 0.717) is 11.7 Å². The quantitative estimate of drug-likeness (QED) is 0.880. The molecule has 4 heteroatoms. The minimum atomic E-state index is -0.362. The Morgan fingerprint density at radius 2 is 2.06 bits per heavy atom. The first-order valence-corrected chi connectivity index (χ1v) is 6.30. The van der Waals surface area contributed by atoms with Crippen LogP contribution in [0.25, 0.3) is 11.5 Å². The average molecular weight is 243 g/mol. The van der Waals surface area contributed by atoms with Crippen LogP contribution < -0.4 is 5.73 Å². The lowest BCUT2D eigenvalue weighted by molar-refractivity contribution is 0.229. The summed E-state index contributed by atoms with van der Waals surface area (Å²) in [6.07, 6.45) is 3.03. The van der Waals surface area contributed by atoms with Crippen LogP contribution >= 0.6 is 0 Å². The van der Waals surface area contributed by atoms with E-state index < -0.39 is 0 Å². The molecular formula is C14H17N3O. The number of aryl methyl sites for hydroxylation is 1. The second-order valence-electron chi connectivity index (χ2n) is 5.18. The fourth-order valence-corrected chi connectivity index (χ4v) is 2.30. The van der Waals surface area contributed by atoms with Gasteiger partial charge in [-0.25, -0.2) is 0 Å². The number of nitrogens with zero attached hydrogens (tertiary/aromatic N) is 2. The van der Waals surface area contributed by atoms with Crippen LogP contribution in [0.1, 0.15) is 36.2 Å². The smallest absolute Gasteiger partial charge is 0.258 e. The van der Waals surface area contributed by atoms with E-state index in [1.54, 1.807) is 0 Å². The van der Waals surface area contributed by atoms with Crippen LogP contribution in [0.15, 0.2) is 22.7 Å². The molecule has 0 unspecified atom stereocenters.